The number of hydrogen-bond acceptors (Lipinski definition) is 3. The second-order valence-corrected chi connectivity index (χ2v) is 3.37. The molecule has 0 spiro atoms. The number of likely N-dealkylation sites (tertiary alicyclic amines) is 1. The van der Waals surface area contributed by atoms with Crippen LogP contribution in [0.25, 0.3) is 0 Å². The summed E-state index contributed by atoms with van der Waals surface area (Å²) in [6.07, 6.45) is 1.75. The molecular formula is C8H18N2O. The zero-order valence-corrected chi connectivity index (χ0v) is 7.16. The summed E-state index contributed by atoms with van der Waals surface area (Å²) in [6, 6.07) is 0.332. The lowest BCUT2D eigenvalue weighted by Crippen LogP contribution is -2.32. The number of hydrogen-bond donors (Lipinski definition) is 2. The Morgan fingerprint density at radius 3 is 2.91 bits per heavy atom. The van der Waals surface area contributed by atoms with Crippen LogP contribution in [0.3, 0.4) is 0 Å². The molecule has 1 unspecified atom stereocenters. The van der Waals surface area contributed by atoms with Gasteiger partial charge in [0.15, 0.2) is 0 Å². The molecule has 1 fully saturated rings. The third-order valence-electron chi connectivity index (χ3n) is 2.25. The van der Waals surface area contributed by atoms with Crippen LogP contribution < -0.4 is 5.73 Å². The molecular weight excluding hydrogens is 140 g/mol. The van der Waals surface area contributed by atoms with Crippen molar-refractivity contribution >= 4 is 0 Å². The van der Waals surface area contributed by atoms with Crippen molar-refractivity contribution in [2.75, 3.05) is 19.6 Å². The average molecular weight is 158 g/mol. The zero-order valence-electron chi connectivity index (χ0n) is 7.16. The Labute approximate surface area is 68.2 Å². The van der Waals surface area contributed by atoms with Crippen molar-refractivity contribution in [3.63, 3.8) is 0 Å². The Morgan fingerprint density at radius 1 is 1.73 bits per heavy atom. The summed E-state index contributed by atoms with van der Waals surface area (Å²) in [7, 11) is 0. The molecule has 3 nitrogen and oxygen atoms in total. The minimum absolute atomic E-state index is 0.166. The Morgan fingerprint density at radius 2 is 2.45 bits per heavy atom. The summed E-state index contributed by atoms with van der Waals surface area (Å²) in [6.45, 7) is 4.81. The van der Waals surface area contributed by atoms with Crippen LogP contribution in [0.5, 0.6) is 0 Å². The van der Waals surface area contributed by atoms with Crippen molar-refractivity contribution in [1.82, 2.24) is 4.90 Å². The number of rotatable bonds is 3. The van der Waals surface area contributed by atoms with Gasteiger partial charge >= 0.3 is 0 Å². The zero-order chi connectivity index (χ0) is 8.27. The van der Waals surface area contributed by atoms with Crippen LogP contribution in [0.2, 0.25) is 0 Å². The van der Waals surface area contributed by atoms with Gasteiger partial charge in [0.1, 0.15) is 0 Å². The summed E-state index contributed by atoms with van der Waals surface area (Å²) in [5.41, 5.74) is 5.72. The van der Waals surface area contributed by atoms with Crippen LogP contribution in [0, 0.1) is 0 Å². The topological polar surface area (TPSA) is 49.5 Å². The molecule has 3 heteroatoms. The molecule has 0 aromatic heterocycles. The molecule has 1 heterocycles. The smallest absolute Gasteiger partial charge is 0.0664 e. The third-order valence-corrected chi connectivity index (χ3v) is 2.25. The van der Waals surface area contributed by atoms with E-state index in [0.29, 0.717) is 6.04 Å². The summed E-state index contributed by atoms with van der Waals surface area (Å²) in [5.74, 6) is 0. The van der Waals surface area contributed by atoms with Gasteiger partial charge < -0.3 is 10.8 Å². The number of nitrogens with zero attached hydrogens (tertiary/aromatic N) is 1. The maximum absolute atomic E-state index is 9.32. The van der Waals surface area contributed by atoms with Gasteiger partial charge in [0, 0.05) is 19.1 Å². The molecule has 1 saturated heterocycles. The van der Waals surface area contributed by atoms with Crippen LogP contribution >= 0.6 is 0 Å². The quantitative estimate of drug-likeness (QED) is 0.597. The van der Waals surface area contributed by atoms with Gasteiger partial charge in [-0.15, -0.1) is 0 Å². The summed E-state index contributed by atoms with van der Waals surface area (Å²) in [4.78, 5) is 2.23. The predicted molar refractivity (Wildman–Crippen MR) is 45.3 cm³/mol. The molecule has 3 N–H and O–H groups in total. The number of aliphatic hydroxyl groups is 1. The van der Waals surface area contributed by atoms with E-state index in [1.54, 1.807) is 0 Å². The maximum atomic E-state index is 9.32. The first kappa shape index (κ1) is 8.97. The van der Waals surface area contributed by atoms with Crippen molar-refractivity contribution < 1.29 is 5.11 Å². The lowest BCUT2D eigenvalue weighted by Gasteiger charge is -2.18. The average Bonchev–Trinajstić information content (AvgIpc) is 2.35. The summed E-state index contributed by atoms with van der Waals surface area (Å²) < 4.78 is 0. The van der Waals surface area contributed by atoms with Gasteiger partial charge in [0.2, 0.25) is 0 Å². The molecule has 0 amide bonds. The molecule has 1 aliphatic rings. The fraction of sp³-hybridized carbons (Fsp3) is 1.00. The highest BCUT2D eigenvalue weighted by Gasteiger charge is 2.20. The monoisotopic (exact) mass is 158 g/mol. The fourth-order valence-electron chi connectivity index (χ4n) is 1.46. The first-order chi connectivity index (χ1) is 5.22. The van der Waals surface area contributed by atoms with Crippen LogP contribution in [-0.4, -0.2) is 41.8 Å². The summed E-state index contributed by atoms with van der Waals surface area (Å²) >= 11 is 0. The van der Waals surface area contributed by atoms with Crippen molar-refractivity contribution in [2.45, 2.75) is 31.9 Å². The Balaban J connectivity index is 2.17. The first-order valence-corrected chi connectivity index (χ1v) is 4.38. The molecule has 0 saturated carbocycles. The molecule has 1 aliphatic heterocycles. The van der Waals surface area contributed by atoms with E-state index in [4.69, 9.17) is 5.73 Å². The molecule has 1 rings (SSSR count). The highest BCUT2D eigenvalue weighted by molar-refractivity contribution is 4.78. The van der Waals surface area contributed by atoms with E-state index in [1.165, 1.54) is 0 Å². The number of nitrogens with two attached hydrogens (primary N) is 1. The molecule has 2 atom stereocenters. The summed E-state index contributed by atoms with van der Waals surface area (Å²) in [5, 5.41) is 9.32. The first-order valence-electron chi connectivity index (χ1n) is 4.38. The number of aliphatic hydroxyl groups excluding tert-OH is 1. The second-order valence-electron chi connectivity index (χ2n) is 3.37. The predicted octanol–water partition coefficient (Wildman–Crippen LogP) is -0.210. The standard InChI is InChI=1S/C8H18N2O/c1-2-8(11)6-10-4-3-7(9)5-10/h7-8,11H,2-6,9H2,1H3/t7-,8?/m1/s1. The molecule has 0 bridgehead atoms. The highest BCUT2D eigenvalue weighted by Crippen LogP contribution is 2.07. The van der Waals surface area contributed by atoms with E-state index < -0.39 is 0 Å². The molecule has 66 valence electrons. The van der Waals surface area contributed by atoms with Crippen LogP contribution in [0.1, 0.15) is 19.8 Å². The molecule has 0 aromatic carbocycles. The second kappa shape index (κ2) is 4.04. The Hall–Kier alpha value is -0.120. The lowest BCUT2D eigenvalue weighted by molar-refractivity contribution is 0.121. The van der Waals surface area contributed by atoms with Gasteiger partial charge in [-0.05, 0) is 19.4 Å². The normalized spacial score (nSPS) is 29.2. The molecule has 0 radical (unpaired) electrons. The number of β-amino-alcohol motifs (C(OH)–C–C–N with tert-alkyl or cyclic N) is 1. The Kier molecular flexibility index (Phi) is 3.30. The van der Waals surface area contributed by atoms with E-state index in [1.807, 2.05) is 6.92 Å². The minimum atomic E-state index is -0.166. The van der Waals surface area contributed by atoms with Gasteiger partial charge in [0.25, 0.3) is 0 Å². The highest BCUT2D eigenvalue weighted by atomic mass is 16.3. The van der Waals surface area contributed by atoms with Crippen molar-refractivity contribution in [3.05, 3.63) is 0 Å². The van der Waals surface area contributed by atoms with E-state index >= 15 is 0 Å². The van der Waals surface area contributed by atoms with Crippen LogP contribution in [0.4, 0.5) is 0 Å². The van der Waals surface area contributed by atoms with Gasteiger partial charge in [-0.2, -0.15) is 0 Å². The molecule has 0 aliphatic carbocycles. The van der Waals surface area contributed by atoms with Gasteiger partial charge in [-0.1, -0.05) is 6.92 Å². The molecule has 11 heavy (non-hydrogen) atoms. The minimum Gasteiger partial charge on any atom is -0.392 e. The largest absolute Gasteiger partial charge is 0.392 e. The van der Waals surface area contributed by atoms with Gasteiger partial charge in [0.05, 0.1) is 6.10 Å². The van der Waals surface area contributed by atoms with Crippen LogP contribution in [-0.2, 0) is 0 Å². The lowest BCUT2D eigenvalue weighted by atomic mass is 10.2. The van der Waals surface area contributed by atoms with E-state index in [0.717, 1.165) is 32.5 Å². The fourth-order valence-corrected chi connectivity index (χ4v) is 1.46. The third kappa shape index (κ3) is 2.77. The van der Waals surface area contributed by atoms with E-state index in [9.17, 15) is 5.11 Å². The van der Waals surface area contributed by atoms with Gasteiger partial charge in [-0.25, -0.2) is 0 Å². The van der Waals surface area contributed by atoms with E-state index in [-0.39, 0.29) is 6.10 Å². The molecule has 0 aromatic rings. The van der Waals surface area contributed by atoms with E-state index in [2.05, 4.69) is 4.90 Å². The van der Waals surface area contributed by atoms with Crippen molar-refractivity contribution in [1.29, 1.82) is 0 Å². The van der Waals surface area contributed by atoms with Crippen LogP contribution in [0.15, 0.2) is 0 Å². The Bertz CT molecular complexity index is 119. The van der Waals surface area contributed by atoms with Crippen molar-refractivity contribution in [3.8, 4) is 0 Å². The maximum Gasteiger partial charge on any atom is 0.0664 e. The van der Waals surface area contributed by atoms with Crippen molar-refractivity contribution in [2.24, 2.45) is 5.73 Å². The van der Waals surface area contributed by atoms with Gasteiger partial charge in [-0.3, -0.25) is 4.90 Å². The SMILES string of the molecule is CCC(O)CN1CC[C@@H](N)C1.